The molecule has 0 unspecified atom stereocenters. The molecule has 1 aliphatic rings. The summed E-state index contributed by atoms with van der Waals surface area (Å²) in [4.78, 5) is 8.20. The van der Waals surface area contributed by atoms with Crippen molar-refractivity contribution < 1.29 is 0 Å². The fourth-order valence-electron chi connectivity index (χ4n) is 2.18. The smallest absolute Gasteiger partial charge is 0.193 e. The summed E-state index contributed by atoms with van der Waals surface area (Å²) in [6, 6.07) is 0.605. The van der Waals surface area contributed by atoms with Crippen molar-refractivity contribution in [3.05, 3.63) is 23.5 Å². The SMILES string of the molecule is C[C@H]1CNCCN1Cc1cn2ccsc2n1. The Morgan fingerprint density at radius 3 is 3.38 bits per heavy atom. The minimum absolute atomic E-state index is 0.605. The second-order valence-corrected chi connectivity index (χ2v) is 5.22. The van der Waals surface area contributed by atoms with E-state index in [1.807, 2.05) is 0 Å². The van der Waals surface area contributed by atoms with Gasteiger partial charge in [0.1, 0.15) is 0 Å². The lowest BCUT2D eigenvalue weighted by Crippen LogP contribution is -2.49. The average Bonchev–Trinajstić information content (AvgIpc) is 2.81. The summed E-state index contributed by atoms with van der Waals surface area (Å²) < 4.78 is 2.10. The van der Waals surface area contributed by atoms with E-state index in [0.717, 1.165) is 31.1 Å². The minimum atomic E-state index is 0.605. The van der Waals surface area contributed by atoms with Crippen molar-refractivity contribution >= 4 is 16.3 Å². The molecule has 0 radical (unpaired) electrons. The second-order valence-electron chi connectivity index (χ2n) is 4.35. The second kappa shape index (κ2) is 4.16. The van der Waals surface area contributed by atoms with Gasteiger partial charge in [-0.25, -0.2) is 4.98 Å². The normalized spacial score (nSPS) is 22.9. The summed E-state index contributed by atoms with van der Waals surface area (Å²) >= 11 is 1.69. The number of nitrogens with one attached hydrogen (secondary N) is 1. The number of hydrogen-bond donors (Lipinski definition) is 1. The topological polar surface area (TPSA) is 32.6 Å². The fraction of sp³-hybridized carbons (Fsp3) is 0.545. The Balaban J connectivity index is 1.76. The summed E-state index contributed by atoms with van der Waals surface area (Å²) in [6.45, 7) is 6.53. The predicted molar refractivity (Wildman–Crippen MR) is 65.8 cm³/mol. The highest BCUT2D eigenvalue weighted by molar-refractivity contribution is 7.15. The van der Waals surface area contributed by atoms with Crippen molar-refractivity contribution in [3.8, 4) is 0 Å². The van der Waals surface area contributed by atoms with Gasteiger partial charge in [-0.15, -0.1) is 11.3 Å². The maximum atomic E-state index is 4.62. The van der Waals surface area contributed by atoms with E-state index in [9.17, 15) is 0 Å². The van der Waals surface area contributed by atoms with Crippen molar-refractivity contribution in [2.75, 3.05) is 19.6 Å². The lowest BCUT2D eigenvalue weighted by atomic mass is 10.2. The Hall–Kier alpha value is -0.910. The zero-order chi connectivity index (χ0) is 11.0. The summed E-state index contributed by atoms with van der Waals surface area (Å²) in [5.41, 5.74) is 1.18. The molecule has 5 heteroatoms. The molecule has 0 spiro atoms. The van der Waals surface area contributed by atoms with E-state index in [1.54, 1.807) is 11.3 Å². The van der Waals surface area contributed by atoms with Crippen LogP contribution in [0.4, 0.5) is 0 Å². The Labute approximate surface area is 98.9 Å². The highest BCUT2D eigenvalue weighted by Crippen LogP contribution is 2.14. The summed E-state index contributed by atoms with van der Waals surface area (Å²) in [7, 11) is 0. The van der Waals surface area contributed by atoms with Crippen LogP contribution in [0, 0.1) is 0 Å². The average molecular weight is 236 g/mol. The van der Waals surface area contributed by atoms with E-state index in [0.29, 0.717) is 6.04 Å². The molecule has 2 aromatic heterocycles. The van der Waals surface area contributed by atoms with Gasteiger partial charge in [0, 0.05) is 50.0 Å². The molecular weight excluding hydrogens is 220 g/mol. The first kappa shape index (κ1) is 10.3. The monoisotopic (exact) mass is 236 g/mol. The number of rotatable bonds is 2. The molecule has 4 nitrogen and oxygen atoms in total. The van der Waals surface area contributed by atoms with Crippen molar-refractivity contribution in [1.29, 1.82) is 0 Å². The van der Waals surface area contributed by atoms with E-state index < -0.39 is 0 Å². The lowest BCUT2D eigenvalue weighted by molar-refractivity contribution is 0.164. The first-order valence-corrected chi connectivity index (χ1v) is 6.57. The third-order valence-corrected chi connectivity index (χ3v) is 3.92. The largest absolute Gasteiger partial charge is 0.314 e. The van der Waals surface area contributed by atoms with Gasteiger partial charge >= 0.3 is 0 Å². The number of aromatic nitrogens is 2. The summed E-state index contributed by atoms with van der Waals surface area (Å²) in [5, 5.41) is 5.48. The molecule has 16 heavy (non-hydrogen) atoms. The Bertz CT molecular complexity index is 446. The fourth-order valence-corrected chi connectivity index (χ4v) is 2.90. The van der Waals surface area contributed by atoms with E-state index in [4.69, 9.17) is 0 Å². The third-order valence-electron chi connectivity index (χ3n) is 3.15. The van der Waals surface area contributed by atoms with Crippen LogP contribution in [0.3, 0.4) is 0 Å². The number of hydrogen-bond acceptors (Lipinski definition) is 4. The van der Waals surface area contributed by atoms with Crippen LogP contribution in [-0.4, -0.2) is 40.0 Å². The van der Waals surface area contributed by atoms with Crippen LogP contribution >= 0.6 is 11.3 Å². The lowest BCUT2D eigenvalue weighted by Gasteiger charge is -2.33. The van der Waals surface area contributed by atoms with Crippen molar-refractivity contribution in [3.63, 3.8) is 0 Å². The zero-order valence-electron chi connectivity index (χ0n) is 9.39. The third kappa shape index (κ3) is 1.86. The van der Waals surface area contributed by atoms with Gasteiger partial charge in [-0.05, 0) is 6.92 Å². The highest BCUT2D eigenvalue weighted by Gasteiger charge is 2.18. The van der Waals surface area contributed by atoms with E-state index in [2.05, 4.69) is 44.3 Å². The van der Waals surface area contributed by atoms with Crippen LogP contribution in [0.15, 0.2) is 17.8 Å². The van der Waals surface area contributed by atoms with Gasteiger partial charge in [-0.1, -0.05) is 0 Å². The van der Waals surface area contributed by atoms with Gasteiger partial charge < -0.3 is 5.32 Å². The van der Waals surface area contributed by atoms with Crippen LogP contribution in [-0.2, 0) is 6.54 Å². The highest BCUT2D eigenvalue weighted by atomic mass is 32.1. The summed E-state index contributed by atoms with van der Waals surface area (Å²) in [6.07, 6.45) is 4.21. The molecule has 1 aliphatic heterocycles. The molecule has 0 amide bonds. The number of piperazine rings is 1. The number of nitrogens with zero attached hydrogens (tertiary/aromatic N) is 3. The van der Waals surface area contributed by atoms with Crippen LogP contribution in [0.5, 0.6) is 0 Å². The predicted octanol–water partition coefficient (Wildman–Crippen LogP) is 1.19. The van der Waals surface area contributed by atoms with Gasteiger partial charge in [0.2, 0.25) is 0 Å². The number of thiazole rings is 1. The molecule has 1 fully saturated rings. The standard InChI is InChI=1S/C11H16N4S/c1-9-6-12-2-3-14(9)7-10-8-15-4-5-16-11(15)13-10/h4-5,8-9,12H,2-3,6-7H2,1H3/t9-/m0/s1. The Kier molecular flexibility index (Phi) is 2.67. The van der Waals surface area contributed by atoms with Crippen LogP contribution in [0.25, 0.3) is 4.96 Å². The molecule has 3 rings (SSSR count). The van der Waals surface area contributed by atoms with E-state index in [1.165, 1.54) is 5.69 Å². The molecule has 1 atom stereocenters. The molecule has 0 aromatic carbocycles. The maximum absolute atomic E-state index is 4.62. The van der Waals surface area contributed by atoms with Gasteiger partial charge in [-0.3, -0.25) is 9.30 Å². The van der Waals surface area contributed by atoms with Crippen LogP contribution < -0.4 is 5.32 Å². The van der Waals surface area contributed by atoms with Crippen LogP contribution in [0.1, 0.15) is 12.6 Å². The van der Waals surface area contributed by atoms with Crippen molar-refractivity contribution in [2.45, 2.75) is 19.5 Å². The van der Waals surface area contributed by atoms with Gasteiger partial charge in [-0.2, -0.15) is 0 Å². The number of imidazole rings is 1. The van der Waals surface area contributed by atoms with E-state index in [-0.39, 0.29) is 0 Å². The first-order chi connectivity index (χ1) is 7.83. The quantitative estimate of drug-likeness (QED) is 0.850. The molecule has 0 saturated carbocycles. The van der Waals surface area contributed by atoms with Gasteiger partial charge in [0.25, 0.3) is 0 Å². The van der Waals surface area contributed by atoms with Crippen molar-refractivity contribution in [2.24, 2.45) is 0 Å². The molecule has 2 aromatic rings. The Morgan fingerprint density at radius 2 is 2.56 bits per heavy atom. The molecular formula is C11H16N4S. The van der Waals surface area contributed by atoms with Crippen molar-refractivity contribution in [1.82, 2.24) is 19.6 Å². The summed E-state index contributed by atoms with van der Waals surface area (Å²) in [5.74, 6) is 0. The number of fused-ring (bicyclic) bond motifs is 1. The zero-order valence-corrected chi connectivity index (χ0v) is 10.2. The minimum Gasteiger partial charge on any atom is -0.314 e. The van der Waals surface area contributed by atoms with Gasteiger partial charge in [0.05, 0.1) is 5.69 Å². The van der Waals surface area contributed by atoms with E-state index >= 15 is 0 Å². The molecule has 3 heterocycles. The Morgan fingerprint density at radius 1 is 1.62 bits per heavy atom. The molecule has 1 N–H and O–H groups in total. The first-order valence-electron chi connectivity index (χ1n) is 5.69. The van der Waals surface area contributed by atoms with Gasteiger partial charge in [0.15, 0.2) is 4.96 Å². The maximum Gasteiger partial charge on any atom is 0.193 e. The molecule has 0 bridgehead atoms. The molecule has 86 valence electrons. The molecule has 1 saturated heterocycles. The molecule has 0 aliphatic carbocycles. The van der Waals surface area contributed by atoms with Crippen LogP contribution in [0.2, 0.25) is 0 Å².